The highest BCUT2D eigenvalue weighted by molar-refractivity contribution is 7.16. The summed E-state index contributed by atoms with van der Waals surface area (Å²) in [5.74, 6) is -0.674. The maximum absolute atomic E-state index is 11.8. The fraction of sp³-hybridized carbons (Fsp3) is 0. The highest BCUT2D eigenvalue weighted by atomic mass is 35.5. The van der Waals surface area contributed by atoms with E-state index >= 15 is 0 Å². The number of amides is 1. The van der Waals surface area contributed by atoms with Crippen LogP contribution in [0.15, 0.2) is 35.4 Å². The molecule has 23 heavy (non-hydrogen) atoms. The van der Waals surface area contributed by atoms with Crippen molar-refractivity contribution in [2.75, 3.05) is 0 Å². The third-order valence-electron chi connectivity index (χ3n) is 2.56. The molecule has 1 amide bonds. The Kier molecular flexibility index (Phi) is 4.98. The van der Waals surface area contributed by atoms with Crippen molar-refractivity contribution >= 4 is 45.7 Å². The first-order valence-electron chi connectivity index (χ1n) is 5.90. The van der Waals surface area contributed by atoms with Gasteiger partial charge in [-0.05, 0) is 18.2 Å². The summed E-state index contributed by atoms with van der Waals surface area (Å²) in [7, 11) is 0. The number of nitrogens with zero attached hydrogens (tertiary/aromatic N) is 3. The molecule has 0 aliphatic rings. The van der Waals surface area contributed by atoms with E-state index in [1.165, 1.54) is 30.5 Å². The van der Waals surface area contributed by atoms with Gasteiger partial charge in [0.15, 0.2) is 0 Å². The van der Waals surface area contributed by atoms with Gasteiger partial charge in [0, 0.05) is 17.7 Å². The molecule has 0 aliphatic heterocycles. The van der Waals surface area contributed by atoms with Crippen molar-refractivity contribution in [3.8, 4) is 0 Å². The molecule has 1 aromatic heterocycles. The van der Waals surface area contributed by atoms with Gasteiger partial charge in [0.2, 0.25) is 0 Å². The van der Waals surface area contributed by atoms with E-state index in [0.717, 1.165) is 17.4 Å². The summed E-state index contributed by atoms with van der Waals surface area (Å²) >= 11 is 6.54. The van der Waals surface area contributed by atoms with Crippen molar-refractivity contribution in [2.24, 2.45) is 5.10 Å². The quantitative estimate of drug-likeness (QED) is 0.501. The molecule has 9 nitrogen and oxygen atoms in total. The molecular formula is C12H7ClN4O5S. The molecule has 0 saturated heterocycles. The molecule has 2 rings (SSSR count). The number of hydrogen-bond donors (Lipinski definition) is 1. The Bertz CT molecular complexity index is 820. The molecule has 0 atom stereocenters. The molecule has 0 saturated carbocycles. The molecule has 0 radical (unpaired) electrons. The largest absolute Gasteiger partial charge is 0.324 e. The summed E-state index contributed by atoms with van der Waals surface area (Å²) in [5, 5.41) is 24.8. The van der Waals surface area contributed by atoms with Crippen LogP contribution in [0.5, 0.6) is 0 Å². The first-order valence-corrected chi connectivity index (χ1v) is 7.09. The minimum Gasteiger partial charge on any atom is -0.267 e. The van der Waals surface area contributed by atoms with Gasteiger partial charge in [-0.3, -0.25) is 25.0 Å². The van der Waals surface area contributed by atoms with Gasteiger partial charge < -0.3 is 0 Å². The standard InChI is InChI=1S/C12H7ClN4O5S/c13-9-3-1-7(5-10(9)16(19)20)12(18)15-14-6-8-2-4-11(23-8)17(21)22/h1-6H,(H,15,18). The summed E-state index contributed by atoms with van der Waals surface area (Å²) in [4.78, 5) is 32.4. The summed E-state index contributed by atoms with van der Waals surface area (Å²) in [5.41, 5.74) is 1.79. The lowest BCUT2D eigenvalue weighted by Crippen LogP contribution is -2.17. The van der Waals surface area contributed by atoms with Gasteiger partial charge in [-0.1, -0.05) is 22.9 Å². The second-order valence-electron chi connectivity index (χ2n) is 4.06. The number of rotatable bonds is 5. The monoisotopic (exact) mass is 354 g/mol. The Labute approximate surface area is 137 Å². The maximum atomic E-state index is 11.8. The molecule has 0 fully saturated rings. The molecule has 1 aromatic carbocycles. The van der Waals surface area contributed by atoms with E-state index in [-0.39, 0.29) is 15.6 Å². The summed E-state index contributed by atoms with van der Waals surface area (Å²) in [6, 6.07) is 6.38. The van der Waals surface area contributed by atoms with Gasteiger partial charge in [-0.25, -0.2) is 5.43 Å². The topological polar surface area (TPSA) is 128 Å². The highest BCUT2D eigenvalue weighted by Crippen LogP contribution is 2.25. The van der Waals surface area contributed by atoms with Crippen molar-refractivity contribution in [3.05, 3.63) is 66.0 Å². The zero-order valence-corrected chi connectivity index (χ0v) is 12.7. The van der Waals surface area contributed by atoms with E-state index < -0.39 is 21.4 Å². The van der Waals surface area contributed by atoms with E-state index in [9.17, 15) is 25.0 Å². The average Bonchev–Trinajstić information content (AvgIpc) is 2.96. The van der Waals surface area contributed by atoms with Gasteiger partial charge in [-0.2, -0.15) is 5.10 Å². The normalized spacial score (nSPS) is 10.7. The first-order chi connectivity index (χ1) is 10.9. The second-order valence-corrected chi connectivity index (χ2v) is 5.56. The van der Waals surface area contributed by atoms with Crippen molar-refractivity contribution in [3.63, 3.8) is 0 Å². The lowest BCUT2D eigenvalue weighted by atomic mass is 10.2. The van der Waals surface area contributed by atoms with E-state index in [4.69, 9.17) is 11.6 Å². The SMILES string of the molecule is O=C(NN=Cc1ccc([N+](=O)[O-])s1)c1ccc(Cl)c([N+](=O)[O-])c1. The first kappa shape index (κ1) is 16.5. The zero-order chi connectivity index (χ0) is 17.0. The number of hydrogen-bond acceptors (Lipinski definition) is 7. The Morgan fingerprint density at radius 3 is 2.57 bits per heavy atom. The molecule has 0 spiro atoms. The second kappa shape index (κ2) is 6.94. The number of benzene rings is 1. The number of nitro groups is 2. The van der Waals surface area contributed by atoms with Crippen LogP contribution in [0, 0.1) is 20.2 Å². The van der Waals surface area contributed by atoms with E-state index in [0.29, 0.717) is 4.88 Å². The minimum absolute atomic E-state index is 0.00964. The van der Waals surface area contributed by atoms with Crippen LogP contribution in [-0.4, -0.2) is 22.0 Å². The van der Waals surface area contributed by atoms with Crippen LogP contribution >= 0.6 is 22.9 Å². The van der Waals surface area contributed by atoms with Crippen molar-refractivity contribution in [1.29, 1.82) is 0 Å². The van der Waals surface area contributed by atoms with Crippen LogP contribution in [0.25, 0.3) is 0 Å². The van der Waals surface area contributed by atoms with Crippen LogP contribution in [0.3, 0.4) is 0 Å². The van der Waals surface area contributed by atoms with Crippen LogP contribution in [-0.2, 0) is 0 Å². The predicted molar refractivity (Wildman–Crippen MR) is 84.1 cm³/mol. The molecule has 0 bridgehead atoms. The molecule has 0 aliphatic carbocycles. The smallest absolute Gasteiger partial charge is 0.267 e. The zero-order valence-electron chi connectivity index (χ0n) is 11.1. The molecule has 11 heteroatoms. The number of thiophene rings is 1. The molecule has 118 valence electrons. The van der Waals surface area contributed by atoms with E-state index in [2.05, 4.69) is 10.5 Å². The fourth-order valence-electron chi connectivity index (χ4n) is 1.52. The molecule has 0 unspecified atom stereocenters. The number of halogens is 1. The van der Waals surface area contributed by atoms with Crippen LogP contribution in [0.4, 0.5) is 10.7 Å². The van der Waals surface area contributed by atoms with Gasteiger partial charge in [0.05, 0.1) is 20.9 Å². The van der Waals surface area contributed by atoms with Gasteiger partial charge in [0.25, 0.3) is 11.6 Å². The van der Waals surface area contributed by atoms with Crippen LogP contribution in [0.1, 0.15) is 15.2 Å². The van der Waals surface area contributed by atoms with Crippen LogP contribution < -0.4 is 5.43 Å². The molecule has 1 N–H and O–H groups in total. The summed E-state index contributed by atoms with van der Waals surface area (Å²) in [6.07, 6.45) is 1.24. The number of nitrogens with one attached hydrogen (secondary N) is 1. The Hall–Kier alpha value is -2.85. The molecule has 2 aromatic rings. The van der Waals surface area contributed by atoms with Gasteiger partial charge in [0.1, 0.15) is 5.02 Å². The Morgan fingerprint density at radius 1 is 1.22 bits per heavy atom. The Balaban J connectivity index is 2.07. The lowest BCUT2D eigenvalue weighted by molar-refractivity contribution is -0.384. The highest BCUT2D eigenvalue weighted by Gasteiger charge is 2.16. The Morgan fingerprint density at radius 2 is 1.96 bits per heavy atom. The number of hydrazone groups is 1. The van der Waals surface area contributed by atoms with Gasteiger partial charge in [-0.15, -0.1) is 0 Å². The molecular weight excluding hydrogens is 348 g/mol. The van der Waals surface area contributed by atoms with E-state index in [1.54, 1.807) is 0 Å². The number of carbonyl (C=O) groups excluding carboxylic acids is 1. The summed E-state index contributed by atoms with van der Waals surface area (Å²) in [6.45, 7) is 0. The predicted octanol–water partition coefficient (Wildman–Crippen LogP) is 2.98. The van der Waals surface area contributed by atoms with Crippen LogP contribution in [0.2, 0.25) is 5.02 Å². The summed E-state index contributed by atoms with van der Waals surface area (Å²) < 4.78 is 0. The maximum Gasteiger partial charge on any atom is 0.324 e. The molecule has 1 heterocycles. The lowest BCUT2D eigenvalue weighted by Gasteiger charge is -2.00. The third kappa shape index (κ3) is 4.08. The third-order valence-corrected chi connectivity index (χ3v) is 3.85. The number of carbonyl (C=O) groups is 1. The van der Waals surface area contributed by atoms with Crippen molar-refractivity contribution < 1.29 is 14.6 Å². The van der Waals surface area contributed by atoms with Crippen molar-refractivity contribution in [2.45, 2.75) is 0 Å². The fourth-order valence-corrected chi connectivity index (χ4v) is 2.40. The average molecular weight is 355 g/mol. The van der Waals surface area contributed by atoms with E-state index in [1.807, 2.05) is 0 Å². The number of nitro benzene ring substituents is 1. The van der Waals surface area contributed by atoms with Gasteiger partial charge >= 0.3 is 5.00 Å². The van der Waals surface area contributed by atoms with Crippen molar-refractivity contribution in [1.82, 2.24) is 5.43 Å². The minimum atomic E-state index is -0.701.